The molecule has 0 aliphatic rings. The lowest BCUT2D eigenvalue weighted by molar-refractivity contribution is -0.136. The first kappa shape index (κ1) is 16.5. The second-order valence-corrected chi connectivity index (χ2v) is 4.18. The van der Waals surface area contributed by atoms with Gasteiger partial charge in [-0.1, -0.05) is 24.3 Å². The summed E-state index contributed by atoms with van der Waals surface area (Å²) in [6.07, 6.45) is -0.148. The second kappa shape index (κ2) is 7.26. The zero-order valence-electron chi connectivity index (χ0n) is 11.3. The van der Waals surface area contributed by atoms with Crippen molar-refractivity contribution in [1.29, 1.82) is 0 Å². The Morgan fingerprint density at radius 3 is 2.30 bits per heavy atom. The normalized spacial score (nSPS) is 9.85. The van der Waals surface area contributed by atoms with E-state index in [2.05, 4.69) is 0 Å². The summed E-state index contributed by atoms with van der Waals surface area (Å²) in [4.78, 5) is 22.6. The van der Waals surface area contributed by atoms with Crippen LogP contribution in [-0.4, -0.2) is 47.0 Å². The summed E-state index contributed by atoms with van der Waals surface area (Å²) in [5.41, 5.74) is 0.539. The Morgan fingerprint density at radius 2 is 1.70 bits per heavy atom. The number of carbonyl (C=O) groups is 2. The number of ether oxygens (including phenoxy) is 1. The van der Waals surface area contributed by atoms with E-state index >= 15 is 0 Å². The number of ketones is 1. The van der Waals surface area contributed by atoms with Crippen LogP contribution in [0.3, 0.4) is 0 Å². The summed E-state index contributed by atoms with van der Waals surface area (Å²) >= 11 is 0. The molecule has 0 aliphatic heterocycles. The zero-order valence-corrected chi connectivity index (χ0v) is 12.7. The number of hydrogen-bond acceptors (Lipinski definition) is 3. The first-order valence-corrected chi connectivity index (χ1v) is 5.94. The van der Waals surface area contributed by atoms with Crippen molar-refractivity contribution < 1.29 is 19.4 Å². The average molecular weight is 283 g/mol. The standard InChI is InChI=1S/C15H14O4.Mg/c1-19-14-8-6-11(13(16)7-9-15(17)18)10-4-2-3-5-12(10)14;/h2-6,8H,7,9H2,1H3,(H,17,18);. The molecular weight excluding hydrogens is 268 g/mol. The van der Waals surface area contributed by atoms with Crippen LogP contribution in [0.1, 0.15) is 23.2 Å². The maximum atomic E-state index is 12.1. The van der Waals surface area contributed by atoms with E-state index in [1.807, 2.05) is 24.3 Å². The monoisotopic (exact) mass is 282 g/mol. The van der Waals surface area contributed by atoms with Crippen LogP contribution in [0.25, 0.3) is 10.8 Å². The molecule has 0 saturated carbocycles. The Labute approximate surface area is 132 Å². The number of carboxylic acids is 1. The van der Waals surface area contributed by atoms with Gasteiger partial charge in [-0.25, -0.2) is 0 Å². The van der Waals surface area contributed by atoms with Crippen molar-refractivity contribution in [3.63, 3.8) is 0 Å². The molecule has 4 nitrogen and oxygen atoms in total. The van der Waals surface area contributed by atoms with E-state index < -0.39 is 5.97 Å². The molecule has 0 atom stereocenters. The number of benzene rings is 2. The van der Waals surface area contributed by atoms with Gasteiger partial charge in [0.2, 0.25) is 0 Å². The summed E-state index contributed by atoms with van der Waals surface area (Å²) < 4.78 is 5.25. The van der Waals surface area contributed by atoms with Crippen molar-refractivity contribution in [3.05, 3.63) is 42.0 Å². The highest BCUT2D eigenvalue weighted by atomic mass is 24.3. The maximum Gasteiger partial charge on any atom is 0.303 e. The molecule has 0 aromatic heterocycles. The lowest BCUT2D eigenvalue weighted by atomic mass is 9.98. The van der Waals surface area contributed by atoms with Crippen LogP contribution >= 0.6 is 0 Å². The van der Waals surface area contributed by atoms with E-state index in [1.54, 1.807) is 19.2 Å². The zero-order chi connectivity index (χ0) is 13.8. The van der Waals surface area contributed by atoms with Gasteiger partial charge in [0.25, 0.3) is 0 Å². The molecule has 0 unspecified atom stereocenters. The predicted molar refractivity (Wildman–Crippen MR) is 77.5 cm³/mol. The first-order chi connectivity index (χ1) is 9.13. The quantitative estimate of drug-likeness (QED) is 0.676. The van der Waals surface area contributed by atoms with Crippen molar-refractivity contribution in [2.45, 2.75) is 12.8 Å². The average Bonchev–Trinajstić information content (AvgIpc) is 2.43. The molecule has 2 aromatic carbocycles. The minimum absolute atomic E-state index is 0. The fourth-order valence-corrected chi connectivity index (χ4v) is 2.05. The third kappa shape index (κ3) is 3.49. The van der Waals surface area contributed by atoms with E-state index in [-0.39, 0.29) is 41.7 Å². The summed E-state index contributed by atoms with van der Waals surface area (Å²) in [7, 11) is 1.58. The number of carbonyl (C=O) groups excluding carboxylic acids is 1. The molecule has 0 heterocycles. The van der Waals surface area contributed by atoms with E-state index in [0.717, 1.165) is 10.8 Å². The van der Waals surface area contributed by atoms with Crippen LogP contribution in [0.5, 0.6) is 5.75 Å². The van der Waals surface area contributed by atoms with Gasteiger partial charge in [0.15, 0.2) is 5.78 Å². The topological polar surface area (TPSA) is 63.6 Å². The van der Waals surface area contributed by atoms with Gasteiger partial charge in [0.05, 0.1) is 13.5 Å². The molecule has 2 radical (unpaired) electrons. The van der Waals surface area contributed by atoms with Gasteiger partial charge < -0.3 is 9.84 Å². The molecule has 0 bridgehead atoms. The number of fused-ring (bicyclic) bond motifs is 1. The Bertz CT molecular complexity index is 637. The molecule has 2 aromatic rings. The number of carboxylic acid groups (broad SMARTS) is 1. The van der Waals surface area contributed by atoms with Crippen LogP contribution < -0.4 is 4.74 Å². The van der Waals surface area contributed by atoms with Gasteiger partial charge in [0, 0.05) is 40.4 Å². The van der Waals surface area contributed by atoms with Crippen LogP contribution in [0.15, 0.2) is 36.4 Å². The fourth-order valence-electron chi connectivity index (χ4n) is 2.05. The van der Waals surface area contributed by atoms with Crippen molar-refractivity contribution in [3.8, 4) is 5.75 Å². The lowest BCUT2D eigenvalue weighted by Crippen LogP contribution is -2.04. The van der Waals surface area contributed by atoms with Crippen LogP contribution in [0, 0.1) is 0 Å². The Hall–Kier alpha value is -1.59. The van der Waals surface area contributed by atoms with Gasteiger partial charge in [-0.05, 0) is 17.5 Å². The molecule has 0 spiro atoms. The number of methoxy groups -OCH3 is 1. The van der Waals surface area contributed by atoms with Crippen molar-refractivity contribution in [2.24, 2.45) is 0 Å². The smallest absolute Gasteiger partial charge is 0.303 e. The molecule has 1 N–H and O–H groups in total. The predicted octanol–water partition coefficient (Wildman–Crippen LogP) is 2.52. The minimum atomic E-state index is -0.967. The van der Waals surface area contributed by atoms with E-state index in [9.17, 15) is 9.59 Å². The van der Waals surface area contributed by atoms with E-state index in [0.29, 0.717) is 11.3 Å². The van der Waals surface area contributed by atoms with Crippen LogP contribution in [0.2, 0.25) is 0 Å². The summed E-state index contributed by atoms with van der Waals surface area (Å²) in [6.45, 7) is 0. The molecule has 2 rings (SSSR count). The summed E-state index contributed by atoms with van der Waals surface area (Å²) in [5, 5.41) is 10.3. The highest BCUT2D eigenvalue weighted by Crippen LogP contribution is 2.29. The number of hydrogen-bond donors (Lipinski definition) is 1. The molecule has 100 valence electrons. The van der Waals surface area contributed by atoms with Gasteiger partial charge in [-0.15, -0.1) is 0 Å². The number of Topliss-reactive ketones (excluding diaryl/α,β-unsaturated/α-hetero) is 1. The van der Waals surface area contributed by atoms with Crippen LogP contribution in [-0.2, 0) is 4.79 Å². The third-order valence-corrected chi connectivity index (χ3v) is 2.97. The number of aliphatic carboxylic acids is 1. The van der Waals surface area contributed by atoms with Gasteiger partial charge in [0.1, 0.15) is 5.75 Å². The summed E-state index contributed by atoms with van der Waals surface area (Å²) in [5.74, 6) is -0.433. The second-order valence-electron chi connectivity index (χ2n) is 4.18. The van der Waals surface area contributed by atoms with Crippen molar-refractivity contribution in [1.82, 2.24) is 0 Å². The van der Waals surface area contributed by atoms with Crippen LogP contribution in [0.4, 0.5) is 0 Å². The largest absolute Gasteiger partial charge is 0.496 e. The highest BCUT2D eigenvalue weighted by molar-refractivity contribution is 6.10. The first-order valence-electron chi connectivity index (χ1n) is 5.94. The van der Waals surface area contributed by atoms with Gasteiger partial charge >= 0.3 is 5.97 Å². The lowest BCUT2D eigenvalue weighted by Gasteiger charge is -2.09. The maximum absolute atomic E-state index is 12.1. The van der Waals surface area contributed by atoms with Gasteiger partial charge in [-0.2, -0.15) is 0 Å². The molecule has 0 aliphatic carbocycles. The SMILES string of the molecule is COc1ccc(C(=O)CCC(=O)O)c2ccccc12.[Mg]. The van der Waals surface area contributed by atoms with E-state index in [4.69, 9.17) is 9.84 Å². The minimum Gasteiger partial charge on any atom is -0.496 e. The number of rotatable bonds is 5. The third-order valence-electron chi connectivity index (χ3n) is 2.97. The Morgan fingerprint density at radius 1 is 1.05 bits per heavy atom. The molecule has 0 saturated heterocycles. The fraction of sp³-hybridized carbons (Fsp3) is 0.200. The Balaban J connectivity index is 0.00000200. The molecular formula is C15H14MgO4. The molecule has 20 heavy (non-hydrogen) atoms. The van der Waals surface area contributed by atoms with Crippen molar-refractivity contribution in [2.75, 3.05) is 7.11 Å². The van der Waals surface area contributed by atoms with Gasteiger partial charge in [-0.3, -0.25) is 9.59 Å². The highest BCUT2D eigenvalue weighted by Gasteiger charge is 2.13. The molecule has 0 amide bonds. The van der Waals surface area contributed by atoms with Crippen molar-refractivity contribution >= 4 is 45.6 Å². The van der Waals surface area contributed by atoms with E-state index in [1.165, 1.54) is 0 Å². The summed E-state index contributed by atoms with van der Waals surface area (Å²) in [6, 6.07) is 10.8. The molecule has 0 fully saturated rings. The Kier molecular flexibility index (Phi) is 5.97. The molecule has 5 heteroatoms.